The van der Waals surface area contributed by atoms with E-state index in [9.17, 15) is 4.79 Å². The third-order valence-electron chi connectivity index (χ3n) is 2.60. The fraction of sp³-hybridized carbons (Fsp3) is 0.0833. The lowest BCUT2D eigenvalue weighted by molar-refractivity contribution is 0.949. The SMILES string of the molecule is Cc1cc(-c2ccc3sncc3c2)c(=O)[nH]n1. The fourth-order valence-corrected chi connectivity index (χ4v) is 2.39. The first-order chi connectivity index (χ1) is 8.24. The first-order valence-electron chi connectivity index (χ1n) is 5.15. The minimum absolute atomic E-state index is 0.168. The lowest BCUT2D eigenvalue weighted by atomic mass is 10.1. The van der Waals surface area contributed by atoms with Crippen LogP contribution in [0.1, 0.15) is 5.69 Å². The Morgan fingerprint density at radius 2 is 2.18 bits per heavy atom. The lowest BCUT2D eigenvalue weighted by Gasteiger charge is -2.01. The van der Waals surface area contributed by atoms with Crippen LogP contribution in [0.25, 0.3) is 21.2 Å². The Bertz CT molecular complexity index is 745. The van der Waals surface area contributed by atoms with E-state index in [4.69, 9.17) is 0 Å². The second kappa shape index (κ2) is 3.78. The third kappa shape index (κ3) is 1.74. The van der Waals surface area contributed by atoms with E-state index in [0.717, 1.165) is 21.3 Å². The number of aromatic amines is 1. The molecule has 1 N–H and O–H groups in total. The summed E-state index contributed by atoms with van der Waals surface area (Å²) in [5, 5.41) is 7.42. The second-order valence-corrected chi connectivity index (χ2v) is 4.66. The van der Waals surface area contributed by atoms with Gasteiger partial charge in [0.2, 0.25) is 0 Å². The van der Waals surface area contributed by atoms with Gasteiger partial charge in [0.05, 0.1) is 16.0 Å². The van der Waals surface area contributed by atoms with Crippen LogP contribution in [-0.2, 0) is 0 Å². The molecule has 17 heavy (non-hydrogen) atoms. The molecule has 0 radical (unpaired) electrons. The van der Waals surface area contributed by atoms with Crippen LogP contribution in [0.3, 0.4) is 0 Å². The van der Waals surface area contributed by atoms with Gasteiger partial charge in [0.1, 0.15) is 0 Å². The van der Waals surface area contributed by atoms with Gasteiger partial charge in [-0.2, -0.15) is 9.47 Å². The van der Waals surface area contributed by atoms with Crippen molar-refractivity contribution in [3.05, 3.63) is 46.5 Å². The molecule has 2 heterocycles. The number of nitrogens with one attached hydrogen (secondary N) is 1. The van der Waals surface area contributed by atoms with Crippen LogP contribution in [0.5, 0.6) is 0 Å². The third-order valence-corrected chi connectivity index (χ3v) is 3.37. The van der Waals surface area contributed by atoms with Crippen molar-refractivity contribution in [3.8, 4) is 11.1 Å². The van der Waals surface area contributed by atoms with Crippen molar-refractivity contribution in [2.45, 2.75) is 6.92 Å². The van der Waals surface area contributed by atoms with Crippen LogP contribution in [-0.4, -0.2) is 14.6 Å². The minimum Gasteiger partial charge on any atom is -0.267 e. The maximum Gasteiger partial charge on any atom is 0.272 e. The number of hydrogen-bond acceptors (Lipinski definition) is 4. The number of rotatable bonds is 1. The Kier molecular flexibility index (Phi) is 2.26. The molecule has 0 saturated carbocycles. The van der Waals surface area contributed by atoms with Crippen molar-refractivity contribution in [3.63, 3.8) is 0 Å². The zero-order valence-electron chi connectivity index (χ0n) is 9.10. The van der Waals surface area contributed by atoms with Gasteiger partial charge in [0.15, 0.2) is 0 Å². The van der Waals surface area contributed by atoms with Crippen molar-refractivity contribution in [2.75, 3.05) is 0 Å². The highest BCUT2D eigenvalue weighted by Gasteiger charge is 2.06. The van der Waals surface area contributed by atoms with Crippen molar-refractivity contribution in [2.24, 2.45) is 0 Å². The van der Waals surface area contributed by atoms with Crippen LogP contribution in [0.4, 0.5) is 0 Å². The van der Waals surface area contributed by atoms with Gasteiger partial charge in [-0.25, -0.2) is 5.10 Å². The standard InChI is InChI=1S/C12H9N3OS/c1-7-4-10(12(16)15-14-7)8-2-3-11-9(5-8)6-13-17-11/h2-6H,1H3,(H,15,16). The Morgan fingerprint density at radius 1 is 1.29 bits per heavy atom. The van der Waals surface area contributed by atoms with Gasteiger partial charge in [-0.3, -0.25) is 4.79 Å². The summed E-state index contributed by atoms with van der Waals surface area (Å²) in [5.41, 5.74) is 2.16. The van der Waals surface area contributed by atoms with Gasteiger partial charge in [-0.15, -0.1) is 0 Å². The van der Waals surface area contributed by atoms with E-state index >= 15 is 0 Å². The van der Waals surface area contributed by atoms with E-state index in [2.05, 4.69) is 14.6 Å². The van der Waals surface area contributed by atoms with E-state index in [-0.39, 0.29) is 5.56 Å². The van der Waals surface area contributed by atoms with Crippen LogP contribution in [0.2, 0.25) is 0 Å². The molecule has 0 fully saturated rings. The van der Waals surface area contributed by atoms with E-state index < -0.39 is 0 Å². The summed E-state index contributed by atoms with van der Waals surface area (Å²) in [6.07, 6.45) is 1.81. The normalized spacial score (nSPS) is 10.9. The summed E-state index contributed by atoms with van der Waals surface area (Å²) < 4.78 is 5.24. The van der Waals surface area contributed by atoms with Crippen LogP contribution >= 0.6 is 11.5 Å². The molecule has 1 aromatic carbocycles. The first kappa shape index (κ1) is 10.2. The molecular formula is C12H9N3OS. The molecule has 0 aliphatic rings. The smallest absolute Gasteiger partial charge is 0.267 e. The Hall–Kier alpha value is -2.01. The summed E-state index contributed by atoms with van der Waals surface area (Å²) >= 11 is 1.45. The van der Waals surface area contributed by atoms with Gasteiger partial charge < -0.3 is 0 Å². The highest BCUT2D eigenvalue weighted by molar-refractivity contribution is 7.13. The van der Waals surface area contributed by atoms with E-state index in [0.29, 0.717) is 5.56 Å². The molecule has 5 heteroatoms. The van der Waals surface area contributed by atoms with Crippen molar-refractivity contribution >= 4 is 21.6 Å². The van der Waals surface area contributed by atoms with Gasteiger partial charge >= 0.3 is 0 Å². The summed E-state index contributed by atoms with van der Waals surface area (Å²) in [4.78, 5) is 11.7. The predicted molar refractivity (Wildman–Crippen MR) is 68.2 cm³/mol. The average molecular weight is 243 g/mol. The molecule has 3 aromatic rings. The Morgan fingerprint density at radius 3 is 3.06 bits per heavy atom. The number of aryl methyl sites for hydroxylation is 1. The molecule has 0 atom stereocenters. The molecular weight excluding hydrogens is 234 g/mol. The zero-order valence-corrected chi connectivity index (χ0v) is 9.91. The molecule has 2 aromatic heterocycles. The van der Waals surface area contributed by atoms with Gasteiger partial charge in [-0.1, -0.05) is 6.07 Å². The average Bonchev–Trinajstić information content (AvgIpc) is 2.79. The van der Waals surface area contributed by atoms with Gasteiger partial charge in [-0.05, 0) is 42.2 Å². The molecule has 4 nitrogen and oxygen atoms in total. The molecule has 0 unspecified atom stereocenters. The van der Waals surface area contributed by atoms with E-state index in [1.54, 1.807) is 6.07 Å². The highest BCUT2D eigenvalue weighted by Crippen LogP contribution is 2.24. The molecule has 84 valence electrons. The van der Waals surface area contributed by atoms with Crippen molar-refractivity contribution in [1.82, 2.24) is 14.6 Å². The number of benzene rings is 1. The summed E-state index contributed by atoms with van der Waals surface area (Å²) in [6, 6.07) is 7.69. The number of fused-ring (bicyclic) bond motifs is 1. The van der Waals surface area contributed by atoms with Gasteiger partial charge in [0.25, 0.3) is 5.56 Å². The predicted octanol–water partition coefficient (Wildman–Crippen LogP) is 2.36. The fourth-order valence-electron chi connectivity index (χ4n) is 1.76. The zero-order chi connectivity index (χ0) is 11.8. The van der Waals surface area contributed by atoms with Crippen LogP contribution < -0.4 is 5.56 Å². The summed E-state index contributed by atoms with van der Waals surface area (Å²) in [7, 11) is 0. The quantitative estimate of drug-likeness (QED) is 0.713. The topological polar surface area (TPSA) is 58.6 Å². The van der Waals surface area contributed by atoms with Crippen LogP contribution in [0.15, 0.2) is 35.3 Å². The number of hydrogen-bond donors (Lipinski definition) is 1. The first-order valence-corrected chi connectivity index (χ1v) is 5.92. The molecule has 0 amide bonds. The lowest BCUT2D eigenvalue weighted by Crippen LogP contribution is -2.11. The summed E-state index contributed by atoms with van der Waals surface area (Å²) in [5.74, 6) is 0. The molecule has 0 spiro atoms. The molecule has 0 bridgehead atoms. The maximum atomic E-state index is 11.7. The summed E-state index contributed by atoms with van der Waals surface area (Å²) in [6.45, 7) is 1.85. The number of H-pyrrole nitrogens is 1. The van der Waals surface area contributed by atoms with Crippen LogP contribution in [0, 0.1) is 6.92 Å². The highest BCUT2D eigenvalue weighted by atomic mass is 32.1. The monoisotopic (exact) mass is 243 g/mol. The van der Waals surface area contributed by atoms with Crippen molar-refractivity contribution < 1.29 is 0 Å². The van der Waals surface area contributed by atoms with E-state index in [1.165, 1.54) is 11.5 Å². The molecule has 3 rings (SSSR count). The Balaban J connectivity index is 2.26. The number of nitrogens with zero attached hydrogens (tertiary/aromatic N) is 2. The maximum absolute atomic E-state index is 11.7. The van der Waals surface area contributed by atoms with Crippen molar-refractivity contribution in [1.29, 1.82) is 0 Å². The molecule has 0 aliphatic carbocycles. The van der Waals surface area contributed by atoms with E-state index in [1.807, 2.05) is 31.3 Å². The molecule has 0 aliphatic heterocycles. The number of aromatic nitrogens is 3. The molecule has 0 saturated heterocycles. The van der Waals surface area contributed by atoms with Gasteiger partial charge in [0, 0.05) is 11.6 Å². The largest absolute Gasteiger partial charge is 0.272 e. The Labute approximate surface area is 101 Å². The minimum atomic E-state index is -0.168. The second-order valence-electron chi connectivity index (χ2n) is 3.83.